The van der Waals surface area contributed by atoms with Crippen molar-refractivity contribution in [2.45, 2.75) is 32.5 Å². The average Bonchev–Trinajstić information content (AvgIpc) is 2.79. The zero-order chi connectivity index (χ0) is 18.1. The Labute approximate surface area is 136 Å². The van der Waals surface area contributed by atoms with Crippen molar-refractivity contribution in [1.29, 1.82) is 0 Å². The van der Waals surface area contributed by atoms with Crippen molar-refractivity contribution in [3.63, 3.8) is 0 Å². The standard InChI is InChI=1S/C15H18F3N3O3/c1-4-24-14(23)11-10-6-5-9(7-20(2)3)13(22)12(10)21(19-11)8-15(16,17)18/h7H,4-6,8H2,1-3H3/b9-7-. The lowest BCUT2D eigenvalue weighted by Crippen LogP contribution is -2.25. The third kappa shape index (κ3) is 3.77. The average molecular weight is 345 g/mol. The number of ether oxygens (including phenoxy) is 1. The summed E-state index contributed by atoms with van der Waals surface area (Å²) in [6.07, 6.45) is -2.41. The monoisotopic (exact) mass is 345 g/mol. The summed E-state index contributed by atoms with van der Waals surface area (Å²) in [6.45, 7) is 0.218. The lowest BCUT2D eigenvalue weighted by Gasteiger charge is -2.18. The first-order chi connectivity index (χ1) is 11.1. The van der Waals surface area contributed by atoms with Crippen molar-refractivity contribution in [1.82, 2.24) is 14.7 Å². The van der Waals surface area contributed by atoms with Gasteiger partial charge in [-0.05, 0) is 19.8 Å². The molecule has 0 saturated carbocycles. The van der Waals surface area contributed by atoms with Crippen LogP contribution in [0, 0.1) is 0 Å². The highest BCUT2D eigenvalue weighted by Crippen LogP contribution is 2.30. The summed E-state index contributed by atoms with van der Waals surface area (Å²) in [5, 5.41) is 3.72. The molecule has 0 spiro atoms. The highest BCUT2D eigenvalue weighted by molar-refractivity contribution is 6.11. The molecule has 1 aliphatic rings. The van der Waals surface area contributed by atoms with Crippen LogP contribution in [0.25, 0.3) is 0 Å². The van der Waals surface area contributed by atoms with E-state index in [4.69, 9.17) is 4.74 Å². The van der Waals surface area contributed by atoms with E-state index >= 15 is 0 Å². The van der Waals surface area contributed by atoms with Crippen LogP contribution < -0.4 is 0 Å². The molecule has 1 aromatic heterocycles. The van der Waals surface area contributed by atoms with Gasteiger partial charge in [0.1, 0.15) is 12.2 Å². The van der Waals surface area contributed by atoms with E-state index in [1.165, 1.54) is 0 Å². The van der Waals surface area contributed by atoms with Gasteiger partial charge < -0.3 is 9.64 Å². The normalized spacial score (nSPS) is 16.2. The molecular formula is C15H18F3N3O3. The smallest absolute Gasteiger partial charge is 0.408 e. The molecule has 6 nitrogen and oxygen atoms in total. The van der Waals surface area contributed by atoms with Crippen molar-refractivity contribution in [3.05, 3.63) is 28.7 Å². The maximum atomic E-state index is 12.8. The Morgan fingerprint density at radius 1 is 1.38 bits per heavy atom. The van der Waals surface area contributed by atoms with Crippen LogP contribution in [0.5, 0.6) is 0 Å². The van der Waals surface area contributed by atoms with Gasteiger partial charge >= 0.3 is 12.1 Å². The van der Waals surface area contributed by atoms with Crippen LogP contribution in [0.4, 0.5) is 13.2 Å². The number of allylic oxidation sites excluding steroid dienone is 1. The molecule has 1 aliphatic carbocycles. The van der Waals surface area contributed by atoms with Gasteiger partial charge in [-0.1, -0.05) is 0 Å². The van der Waals surface area contributed by atoms with E-state index in [9.17, 15) is 22.8 Å². The topological polar surface area (TPSA) is 64.4 Å². The van der Waals surface area contributed by atoms with Crippen LogP contribution in [0.1, 0.15) is 39.9 Å². The van der Waals surface area contributed by atoms with Crippen molar-refractivity contribution in [3.8, 4) is 0 Å². The highest BCUT2D eigenvalue weighted by Gasteiger charge is 2.37. The molecule has 0 bridgehead atoms. The van der Waals surface area contributed by atoms with Crippen LogP contribution in [0.3, 0.4) is 0 Å². The molecule has 0 atom stereocenters. The lowest BCUT2D eigenvalue weighted by atomic mass is 9.90. The van der Waals surface area contributed by atoms with Gasteiger partial charge in [-0.3, -0.25) is 9.48 Å². The van der Waals surface area contributed by atoms with E-state index < -0.39 is 24.5 Å². The minimum absolute atomic E-state index is 0.0689. The van der Waals surface area contributed by atoms with Gasteiger partial charge in [0.05, 0.1) is 6.61 Å². The Hall–Kier alpha value is -2.32. The molecule has 132 valence electrons. The maximum absolute atomic E-state index is 12.8. The molecule has 24 heavy (non-hydrogen) atoms. The molecule has 0 N–H and O–H groups in total. The minimum Gasteiger partial charge on any atom is -0.461 e. The minimum atomic E-state index is -4.56. The van der Waals surface area contributed by atoms with Gasteiger partial charge in [-0.25, -0.2) is 4.79 Å². The van der Waals surface area contributed by atoms with Crippen LogP contribution in [0.2, 0.25) is 0 Å². The molecule has 1 aromatic rings. The Morgan fingerprint density at radius 3 is 2.58 bits per heavy atom. The molecule has 0 unspecified atom stereocenters. The summed E-state index contributed by atoms with van der Waals surface area (Å²) < 4.78 is 43.8. The number of hydrogen-bond donors (Lipinski definition) is 0. The molecule has 9 heteroatoms. The maximum Gasteiger partial charge on any atom is 0.408 e. The van der Waals surface area contributed by atoms with E-state index in [-0.39, 0.29) is 30.0 Å². The number of nitrogens with zero attached hydrogens (tertiary/aromatic N) is 3. The van der Waals surface area contributed by atoms with Crippen LogP contribution in [0.15, 0.2) is 11.8 Å². The van der Waals surface area contributed by atoms with E-state index in [1.807, 2.05) is 0 Å². The number of carbonyl (C=O) groups excluding carboxylic acids is 2. The summed E-state index contributed by atoms with van der Waals surface area (Å²) in [7, 11) is 3.43. The van der Waals surface area contributed by atoms with Crippen LogP contribution in [-0.4, -0.2) is 53.3 Å². The van der Waals surface area contributed by atoms with Crippen molar-refractivity contribution < 1.29 is 27.5 Å². The summed E-state index contributed by atoms with van der Waals surface area (Å²) >= 11 is 0. The number of hydrogen-bond acceptors (Lipinski definition) is 5. The molecule has 2 rings (SSSR count). The van der Waals surface area contributed by atoms with Crippen LogP contribution in [-0.2, 0) is 17.7 Å². The van der Waals surface area contributed by atoms with Crippen molar-refractivity contribution in [2.75, 3.05) is 20.7 Å². The fraction of sp³-hybridized carbons (Fsp3) is 0.533. The number of carbonyl (C=O) groups is 2. The zero-order valence-electron chi connectivity index (χ0n) is 13.6. The summed E-state index contributed by atoms with van der Waals surface area (Å²) in [5.41, 5.74) is 0.202. The fourth-order valence-corrected chi connectivity index (χ4v) is 2.60. The first-order valence-corrected chi connectivity index (χ1v) is 7.39. The Balaban J connectivity index is 2.54. The second-order valence-corrected chi connectivity index (χ2v) is 5.62. The second-order valence-electron chi connectivity index (χ2n) is 5.62. The number of rotatable bonds is 4. The van der Waals surface area contributed by atoms with Crippen molar-refractivity contribution >= 4 is 11.8 Å². The number of alkyl halides is 3. The third-order valence-corrected chi connectivity index (χ3v) is 3.41. The van der Waals surface area contributed by atoms with Gasteiger partial charge in [0, 0.05) is 31.4 Å². The second kappa shape index (κ2) is 6.66. The molecular weight excluding hydrogens is 327 g/mol. The summed E-state index contributed by atoms with van der Waals surface area (Å²) in [4.78, 5) is 26.2. The van der Waals surface area contributed by atoms with Gasteiger partial charge in [-0.15, -0.1) is 0 Å². The van der Waals surface area contributed by atoms with E-state index in [0.717, 1.165) is 0 Å². The summed E-state index contributed by atoms with van der Waals surface area (Å²) in [5.74, 6) is -1.36. The number of ketones is 1. The fourth-order valence-electron chi connectivity index (χ4n) is 2.60. The van der Waals surface area contributed by atoms with Crippen molar-refractivity contribution in [2.24, 2.45) is 0 Å². The first kappa shape index (κ1) is 18.0. The van der Waals surface area contributed by atoms with Gasteiger partial charge in [0.15, 0.2) is 5.69 Å². The first-order valence-electron chi connectivity index (χ1n) is 7.39. The predicted molar refractivity (Wildman–Crippen MR) is 78.7 cm³/mol. The molecule has 0 radical (unpaired) electrons. The predicted octanol–water partition coefficient (Wildman–Crippen LogP) is 2.20. The van der Waals surface area contributed by atoms with E-state index in [2.05, 4.69) is 5.10 Å². The zero-order valence-corrected chi connectivity index (χ0v) is 13.6. The number of aromatic nitrogens is 2. The number of halogens is 3. The van der Waals surface area contributed by atoms with Gasteiger partial charge in [0.25, 0.3) is 0 Å². The molecule has 0 aliphatic heterocycles. The molecule has 0 aromatic carbocycles. The van der Waals surface area contributed by atoms with E-state index in [1.54, 1.807) is 32.1 Å². The third-order valence-electron chi connectivity index (χ3n) is 3.41. The Bertz CT molecular complexity index is 690. The molecule has 1 heterocycles. The largest absolute Gasteiger partial charge is 0.461 e. The Morgan fingerprint density at radius 2 is 2.04 bits per heavy atom. The number of Topliss-reactive ketones (excluding diaryl/α,β-unsaturated/α-hetero) is 1. The van der Waals surface area contributed by atoms with Crippen LogP contribution >= 0.6 is 0 Å². The van der Waals surface area contributed by atoms with Gasteiger partial charge in [-0.2, -0.15) is 18.3 Å². The highest BCUT2D eigenvalue weighted by atomic mass is 19.4. The quantitative estimate of drug-likeness (QED) is 0.618. The van der Waals surface area contributed by atoms with E-state index in [0.29, 0.717) is 16.7 Å². The lowest BCUT2D eigenvalue weighted by molar-refractivity contribution is -0.142. The summed E-state index contributed by atoms with van der Waals surface area (Å²) in [6, 6.07) is 0. The SMILES string of the molecule is CCOC(=O)c1nn(CC(F)(F)F)c2c1CC/C(=C/N(C)C)C2=O. The Kier molecular flexibility index (Phi) is 5.00. The molecule has 0 saturated heterocycles. The number of esters is 1. The van der Waals surface area contributed by atoms with Gasteiger partial charge in [0.2, 0.25) is 5.78 Å². The molecule has 0 amide bonds. The molecule has 0 fully saturated rings. The number of fused-ring (bicyclic) bond motifs is 1.